The fourth-order valence-electron chi connectivity index (χ4n) is 1.96. The Balaban J connectivity index is 1.80. The Kier molecular flexibility index (Phi) is 3.38. The highest BCUT2D eigenvalue weighted by atomic mass is 16.3. The minimum atomic E-state index is -0.355. The molecule has 0 atom stereocenters. The molecule has 0 fully saturated rings. The maximum absolute atomic E-state index is 11.5. The number of rotatable bonds is 4. The Hall–Kier alpha value is -3.09. The summed E-state index contributed by atoms with van der Waals surface area (Å²) in [6.45, 7) is 0.347. The first-order valence-corrected chi connectivity index (χ1v) is 6.31. The zero-order valence-electron chi connectivity index (χ0n) is 11.0. The summed E-state index contributed by atoms with van der Waals surface area (Å²) in [5.41, 5.74) is 1.36. The van der Waals surface area contributed by atoms with Crippen molar-refractivity contribution in [1.29, 1.82) is 0 Å². The summed E-state index contributed by atoms with van der Waals surface area (Å²) in [5, 5.41) is 12.4. The van der Waals surface area contributed by atoms with Crippen molar-refractivity contribution in [3.05, 3.63) is 65.1 Å². The minimum absolute atomic E-state index is 0.150. The van der Waals surface area contributed by atoms with Crippen molar-refractivity contribution in [2.24, 2.45) is 0 Å². The van der Waals surface area contributed by atoms with Gasteiger partial charge in [-0.3, -0.25) is 14.5 Å². The van der Waals surface area contributed by atoms with Gasteiger partial charge in [0, 0.05) is 12.4 Å². The first-order chi connectivity index (χ1) is 10.2. The molecule has 7 heteroatoms. The number of aromatic amines is 1. The predicted molar refractivity (Wildman–Crippen MR) is 77.6 cm³/mol. The van der Waals surface area contributed by atoms with Gasteiger partial charge in [-0.15, -0.1) is 0 Å². The standard InChI is InChI=1S/C14H13N5O2/c20-13-9-19(14(21)18-13)8-10-3-5-16-12(6-10)17-11-2-1-4-15-7-11/h1-7,9,20H,8H2,(H,16,17)(H,18,21). The van der Waals surface area contributed by atoms with E-state index < -0.39 is 0 Å². The highest BCUT2D eigenvalue weighted by Gasteiger charge is 2.04. The normalized spacial score (nSPS) is 10.5. The summed E-state index contributed by atoms with van der Waals surface area (Å²) in [7, 11) is 0. The van der Waals surface area contributed by atoms with Crippen LogP contribution in [0.2, 0.25) is 0 Å². The summed E-state index contributed by atoms with van der Waals surface area (Å²) in [6.07, 6.45) is 6.41. The van der Waals surface area contributed by atoms with E-state index in [0.717, 1.165) is 11.3 Å². The molecule has 0 amide bonds. The summed E-state index contributed by atoms with van der Waals surface area (Å²) in [5.74, 6) is 0.510. The molecule has 0 aliphatic rings. The molecule has 0 spiro atoms. The van der Waals surface area contributed by atoms with E-state index in [4.69, 9.17) is 0 Å². The molecule has 21 heavy (non-hydrogen) atoms. The minimum Gasteiger partial charge on any atom is -0.493 e. The number of hydrogen-bond donors (Lipinski definition) is 3. The molecule has 3 heterocycles. The van der Waals surface area contributed by atoms with Crippen LogP contribution in [0.4, 0.5) is 11.5 Å². The van der Waals surface area contributed by atoms with Crippen LogP contribution in [0.15, 0.2) is 53.8 Å². The third kappa shape index (κ3) is 3.08. The molecule has 3 aromatic rings. The second-order valence-corrected chi connectivity index (χ2v) is 4.49. The van der Waals surface area contributed by atoms with Crippen molar-refractivity contribution in [2.75, 3.05) is 5.32 Å². The van der Waals surface area contributed by atoms with Gasteiger partial charge in [-0.25, -0.2) is 9.78 Å². The van der Waals surface area contributed by atoms with E-state index in [1.165, 1.54) is 10.8 Å². The molecule has 7 nitrogen and oxygen atoms in total. The van der Waals surface area contributed by atoms with Crippen LogP contribution in [0.1, 0.15) is 5.56 Å². The van der Waals surface area contributed by atoms with E-state index >= 15 is 0 Å². The van der Waals surface area contributed by atoms with Crippen LogP contribution < -0.4 is 11.0 Å². The molecule has 106 valence electrons. The molecule has 0 aliphatic heterocycles. The average Bonchev–Trinajstić information content (AvgIpc) is 2.78. The Labute approximate surface area is 119 Å². The van der Waals surface area contributed by atoms with Gasteiger partial charge in [-0.05, 0) is 29.8 Å². The molecular weight excluding hydrogens is 270 g/mol. The summed E-state index contributed by atoms with van der Waals surface area (Å²) < 4.78 is 1.39. The number of imidazole rings is 1. The van der Waals surface area contributed by atoms with E-state index in [-0.39, 0.29) is 11.6 Å². The van der Waals surface area contributed by atoms with Crippen LogP contribution >= 0.6 is 0 Å². The number of pyridine rings is 2. The summed E-state index contributed by atoms with van der Waals surface area (Å²) in [6, 6.07) is 7.36. The van der Waals surface area contributed by atoms with Crippen molar-refractivity contribution in [3.63, 3.8) is 0 Å². The van der Waals surface area contributed by atoms with E-state index in [0.29, 0.717) is 12.4 Å². The zero-order chi connectivity index (χ0) is 14.7. The molecule has 0 aromatic carbocycles. The second-order valence-electron chi connectivity index (χ2n) is 4.49. The molecule has 0 unspecified atom stereocenters. The van der Waals surface area contributed by atoms with E-state index in [2.05, 4.69) is 20.3 Å². The maximum atomic E-state index is 11.5. The smallest absolute Gasteiger partial charge is 0.328 e. The third-order valence-electron chi connectivity index (χ3n) is 2.89. The topological polar surface area (TPSA) is 95.8 Å². The molecule has 3 aromatic heterocycles. The van der Waals surface area contributed by atoms with Crippen LogP contribution in [0.25, 0.3) is 0 Å². The Morgan fingerprint density at radius 2 is 2.24 bits per heavy atom. The number of aromatic nitrogens is 4. The van der Waals surface area contributed by atoms with E-state index in [9.17, 15) is 9.90 Å². The van der Waals surface area contributed by atoms with Crippen molar-refractivity contribution < 1.29 is 5.11 Å². The first kappa shape index (κ1) is 12.9. The van der Waals surface area contributed by atoms with E-state index in [1.807, 2.05) is 24.3 Å². The highest BCUT2D eigenvalue weighted by Crippen LogP contribution is 2.14. The fourth-order valence-corrected chi connectivity index (χ4v) is 1.96. The second kappa shape index (κ2) is 5.49. The van der Waals surface area contributed by atoms with Gasteiger partial charge in [0.1, 0.15) is 5.82 Å². The van der Waals surface area contributed by atoms with Gasteiger partial charge in [-0.2, -0.15) is 0 Å². The molecule has 0 aliphatic carbocycles. The zero-order valence-corrected chi connectivity index (χ0v) is 11.0. The number of nitrogens with zero attached hydrogens (tertiary/aromatic N) is 3. The number of H-pyrrole nitrogens is 1. The molecule has 0 saturated carbocycles. The lowest BCUT2D eigenvalue weighted by atomic mass is 10.2. The quantitative estimate of drug-likeness (QED) is 0.673. The first-order valence-electron chi connectivity index (χ1n) is 6.31. The van der Waals surface area contributed by atoms with Crippen LogP contribution in [0.5, 0.6) is 5.88 Å². The predicted octanol–water partition coefficient (Wildman–Crippen LogP) is 1.46. The van der Waals surface area contributed by atoms with E-state index in [1.54, 1.807) is 18.6 Å². The molecular formula is C14H13N5O2. The van der Waals surface area contributed by atoms with Gasteiger partial charge in [0.05, 0.1) is 24.6 Å². The Bertz CT molecular complexity index is 794. The Morgan fingerprint density at radius 1 is 1.33 bits per heavy atom. The number of anilines is 2. The van der Waals surface area contributed by atoms with Crippen molar-refractivity contribution in [3.8, 4) is 5.88 Å². The maximum Gasteiger partial charge on any atom is 0.328 e. The third-order valence-corrected chi connectivity index (χ3v) is 2.89. The van der Waals surface area contributed by atoms with Crippen molar-refractivity contribution in [1.82, 2.24) is 19.5 Å². The SMILES string of the molecule is O=c1[nH]c(O)cn1Cc1ccnc(Nc2cccnc2)c1. The largest absolute Gasteiger partial charge is 0.493 e. The lowest BCUT2D eigenvalue weighted by Crippen LogP contribution is -2.16. The van der Waals surface area contributed by atoms with Gasteiger partial charge in [-0.1, -0.05) is 0 Å². The van der Waals surface area contributed by atoms with Gasteiger partial charge in [0.2, 0.25) is 5.88 Å². The summed E-state index contributed by atoms with van der Waals surface area (Å²) in [4.78, 5) is 22.1. The molecule has 0 bridgehead atoms. The highest BCUT2D eigenvalue weighted by molar-refractivity contribution is 5.54. The number of nitrogens with one attached hydrogen (secondary N) is 2. The van der Waals surface area contributed by atoms with Crippen molar-refractivity contribution in [2.45, 2.75) is 6.54 Å². The lowest BCUT2D eigenvalue weighted by Gasteiger charge is -2.07. The molecule has 0 radical (unpaired) electrons. The lowest BCUT2D eigenvalue weighted by molar-refractivity contribution is 0.455. The van der Waals surface area contributed by atoms with Crippen LogP contribution in [-0.4, -0.2) is 24.6 Å². The monoisotopic (exact) mass is 283 g/mol. The van der Waals surface area contributed by atoms with Gasteiger partial charge >= 0.3 is 5.69 Å². The molecule has 3 N–H and O–H groups in total. The summed E-state index contributed by atoms with van der Waals surface area (Å²) >= 11 is 0. The number of aromatic hydroxyl groups is 1. The van der Waals surface area contributed by atoms with Gasteiger partial charge in [0.25, 0.3) is 0 Å². The van der Waals surface area contributed by atoms with Crippen LogP contribution in [-0.2, 0) is 6.54 Å². The molecule has 3 rings (SSSR count). The van der Waals surface area contributed by atoms with Gasteiger partial charge in [0.15, 0.2) is 0 Å². The van der Waals surface area contributed by atoms with Crippen LogP contribution in [0.3, 0.4) is 0 Å². The fraction of sp³-hybridized carbons (Fsp3) is 0.0714. The number of hydrogen-bond acceptors (Lipinski definition) is 5. The Morgan fingerprint density at radius 3 is 2.95 bits per heavy atom. The van der Waals surface area contributed by atoms with Crippen molar-refractivity contribution >= 4 is 11.5 Å². The average molecular weight is 283 g/mol. The molecule has 0 saturated heterocycles. The van der Waals surface area contributed by atoms with Gasteiger partial charge < -0.3 is 10.4 Å². The van der Waals surface area contributed by atoms with Crippen LogP contribution in [0, 0.1) is 0 Å².